The number of aromatic amines is 1. The summed E-state index contributed by atoms with van der Waals surface area (Å²) in [6.45, 7) is 1.97. The average Bonchev–Trinajstić information content (AvgIpc) is 2.93. The van der Waals surface area contributed by atoms with E-state index in [2.05, 4.69) is 15.0 Å². The van der Waals surface area contributed by atoms with Gasteiger partial charge in [-0.3, -0.25) is 4.79 Å². The summed E-state index contributed by atoms with van der Waals surface area (Å²) in [6, 6.07) is 1.99. The average molecular weight is 245 g/mol. The molecule has 2 unspecified atom stereocenters. The summed E-state index contributed by atoms with van der Waals surface area (Å²) in [5.41, 5.74) is 2.63. The first-order valence-corrected chi connectivity index (χ1v) is 6.20. The topological polar surface area (TPSA) is 78.9 Å². The van der Waals surface area contributed by atoms with Gasteiger partial charge in [0, 0.05) is 12.1 Å². The summed E-state index contributed by atoms with van der Waals surface area (Å²) in [5.74, 6) is -0.265. The van der Waals surface area contributed by atoms with Gasteiger partial charge in [-0.15, -0.1) is 0 Å². The van der Waals surface area contributed by atoms with Gasteiger partial charge in [-0.05, 0) is 31.4 Å². The maximum Gasteiger partial charge on any atom is 0.307 e. The molecule has 1 fully saturated rings. The lowest BCUT2D eigenvalue weighted by Crippen LogP contribution is -2.17. The van der Waals surface area contributed by atoms with Crippen LogP contribution in [0.25, 0.3) is 11.2 Å². The predicted octanol–water partition coefficient (Wildman–Crippen LogP) is 2.23. The fourth-order valence-electron chi connectivity index (χ4n) is 2.78. The van der Waals surface area contributed by atoms with E-state index in [1.807, 2.05) is 13.0 Å². The number of H-pyrrole nitrogens is 1. The predicted molar refractivity (Wildman–Crippen MR) is 66.3 cm³/mol. The lowest BCUT2D eigenvalue weighted by Gasteiger charge is -2.12. The van der Waals surface area contributed by atoms with E-state index in [9.17, 15) is 9.90 Å². The molecule has 5 nitrogen and oxygen atoms in total. The molecule has 2 heterocycles. The van der Waals surface area contributed by atoms with Gasteiger partial charge >= 0.3 is 5.97 Å². The number of pyridine rings is 1. The Balaban J connectivity index is 2.01. The van der Waals surface area contributed by atoms with Crippen LogP contribution in [0.4, 0.5) is 0 Å². The van der Waals surface area contributed by atoms with Crippen molar-refractivity contribution in [1.82, 2.24) is 15.0 Å². The molecule has 0 spiro atoms. The number of hydrogen-bond acceptors (Lipinski definition) is 3. The summed E-state index contributed by atoms with van der Waals surface area (Å²) < 4.78 is 0. The Hall–Kier alpha value is -1.91. The van der Waals surface area contributed by atoms with Gasteiger partial charge in [0.1, 0.15) is 5.82 Å². The molecule has 0 radical (unpaired) electrons. The molecule has 1 aliphatic rings. The Morgan fingerprint density at radius 2 is 2.33 bits per heavy atom. The molecule has 5 heteroatoms. The van der Waals surface area contributed by atoms with Crippen LogP contribution in [-0.2, 0) is 4.79 Å². The van der Waals surface area contributed by atoms with Gasteiger partial charge in [0.05, 0.1) is 11.4 Å². The SMILES string of the molecule is Cc1cnc2nc(C3CCCC3C(=O)O)[nH]c2c1. The first-order valence-electron chi connectivity index (χ1n) is 6.20. The summed E-state index contributed by atoms with van der Waals surface area (Å²) in [4.78, 5) is 23.1. The molecular formula is C13H15N3O2. The number of hydrogen-bond donors (Lipinski definition) is 2. The fourth-order valence-corrected chi connectivity index (χ4v) is 2.78. The Morgan fingerprint density at radius 1 is 1.50 bits per heavy atom. The highest BCUT2D eigenvalue weighted by Crippen LogP contribution is 2.38. The zero-order valence-electron chi connectivity index (χ0n) is 10.2. The fraction of sp³-hybridized carbons (Fsp3) is 0.462. The number of imidazole rings is 1. The van der Waals surface area contributed by atoms with Gasteiger partial charge in [0.2, 0.25) is 0 Å². The van der Waals surface area contributed by atoms with Crippen LogP contribution in [0, 0.1) is 12.8 Å². The highest BCUT2D eigenvalue weighted by Gasteiger charge is 2.35. The van der Waals surface area contributed by atoms with Gasteiger partial charge in [-0.2, -0.15) is 0 Å². The second-order valence-electron chi connectivity index (χ2n) is 4.99. The lowest BCUT2D eigenvalue weighted by molar-refractivity contribution is -0.142. The minimum Gasteiger partial charge on any atom is -0.481 e. The third-order valence-electron chi connectivity index (χ3n) is 3.68. The smallest absolute Gasteiger partial charge is 0.307 e. The van der Waals surface area contributed by atoms with E-state index in [1.54, 1.807) is 6.20 Å². The van der Waals surface area contributed by atoms with Crippen molar-refractivity contribution in [3.63, 3.8) is 0 Å². The zero-order valence-corrected chi connectivity index (χ0v) is 10.2. The molecule has 1 saturated carbocycles. The number of nitrogens with zero attached hydrogens (tertiary/aromatic N) is 2. The van der Waals surface area contributed by atoms with Crippen molar-refractivity contribution in [2.75, 3.05) is 0 Å². The number of carbonyl (C=O) groups is 1. The molecule has 3 rings (SSSR count). The Bertz CT molecular complexity index is 605. The lowest BCUT2D eigenvalue weighted by atomic mass is 9.96. The molecule has 2 aromatic heterocycles. The quantitative estimate of drug-likeness (QED) is 0.850. The number of nitrogens with one attached hydrogen (secondary N) is 1. The monoisotopic (exact) mass is 245 g/mol. The standard InChI is InChI=1S/C13H15N3O2/c1-7-5-10-12(14-6-7)16-11(15-10)8-3-2-4-9(8)13(17)18/h5-6,8-9H,2-4H2,1H3,(H,17,18)(H,14,15,16). The van der Waals surface area contributed by atoms with Crippen LogP contribution in [0.3, 0.4) is 0 Å². The molecule has 18 heavy (non-hydrogen) atoms. The van der Waals surface area contributed by atoms with Crippen LogP contribution in [0.15, 0.2) is 12.3 Å². The van der Waals surface area contributed by atoms with Crippen molar-refractivity contribution in [2.24, 2.45) is 5.92 Å². The highest BCUT2D eigenvalue weighted by molar-refractivity contribution is 5.73. The van der Waals surface area contributed by atoms with Crippen molar-refractivity contribution < 1.29 is 9.90 Å². The molecule has 0 bridgehead atoms. The minimum atomic E-state index is -0.720. The van der Waals surface area contributed by atoms with E-state index in [0.717, 1.165) is 36.2 Å². The second-order valence-corrected chi connectivity index (χ2v) is 4.99. The molecule has 94 valence electrons. The zero-order chi connectivity index (χ0) is 12.7. The Kier molecular flexibility index (Phi) is 2.54. The van der Waals surface area contributed by atoms with Crippen molar-refractivity contribution >= 4 is 17.1 Å². The van der Waals surface area contributed by atoms with Gasteiger partial charge in [-0.1, -0.05) is 6.42 Å². The summed E-state index contributed by atoms with van der Waals surface area (Å²) in [6.07, 6.45) is 4.35. The van der Waals surface area contributed by atoms with Crippen molar-refractivity contribution in [1.29, 1.82) is 0 Å². The maximum atomic E-state index is 11.2. The Morgan fingerprint density at radius 3 is 3.11 bits per heavy atom. The number of rotatable bonds is 2. The number of aryl methyl sites for hydroxylation is 1. The van der Waals surface area contributed by atoms with Gasteiger partial charge in [-0.25, -0.2) is 9.97 Å². The Labute approximate surface area is 104 Å². The second kappa shape index (κ2) is 4.08. The van der Waals surface area contributed by atoms with Crippen LogP contribution in [0.1, 0.15) is 36.6 Å². The van der Waals surface area contributed by atoms with Gasteiger partial charge in [0.25, 0.3) is 0 Å². The number of aromatic nitrogens is 3. The van der Waals surface area contributed by atoms with E-state index < -0.39 is 5.97 Å². The molecule has 0 aliphatic heterocycles. The third-order valence-corrected chi connectivity index (χ3v) is 3.68. The molecule has 2 N–H and O–H groups in total. The molecule has 2 aromatic rings. The molecule has 1 aliphatic carbocycles. The number of carboxylic acids is 1. The van der Waals surface area contributed by atoms with Crippen LogP contribution >= 0.6 is 0 Å². The van der Waals surface area contributed by atoms with E-state index in [0.29, 0.717) is 5.65 Å². The number of fused-ring (bicyclic) bond motifs is 1. The molecule has 0 aromatic carbocycles. The van der Waals surface area contributed by atoms with Crippen LogP contribution in [0.2, 0.25) is 0 Å². The minimum absolute atomic E-state index is 0.00277. The number of aliphatic carboxylic acids is 1. The van der Waals surface area contributed by atoms with Crippen molar-refractivity contribution in [3.8, 4) is 0 Å². The van der Waals surface area contributed by atoms with Gasteiger partial charge < -0.3 is 10.1 Å². The first-order chi connectivity index (χ1) is 8.65. The van der Waals surface area contributed by atoms with Crippen LogP contribution < -0.4 is 0 Å². The highest BCUT2D eigenvalue weighted by atomic mass is 16.4. The van der Waals surface area contributed by atoms with Crippen LogP contribution in [-0.4, -0.2) is 26.0 Å². The van der Waals surface area contributed by atoms with Gasteiger partial charge in [0.15, 0.2) is 5.65 Å². The van der Waals surface area contributed by atoms with Crippen molar-refractivity contribution in [3.05, 3.63) is 23.7 Å². The van der Waals surface area contributed by atoms with E-state index in [-0.39, 0.29) is 11.8 Å². The third kappa shape index (κ3) is 1.75. The summed E-state index contributed by atoms with van der Waals surface area (Å²) >= 11 is 0. The van der Waals surface area contributed by atoms with E-state index in [1.165, 1.54) is 0 Å². The maximum absolute atomic E-state index is 11.2. The molecule has 2 atom stereocenters. The summed E-state index contributed by atoms with van der Waals surface area (Å²) in [5, 5.41) is 9.21. The first kappa shape index (κ1) is 11.2. The largest absolute Gasteiger partial charge is 0.481 e. The van der Waals surface area contributed by atoms with Crippen LogP contribution in [0.5, 0.6) is 0 Å². The normalized spacial score (nSPS) is 23.6. The van der Waals surface area contributed by atoms with E-state index >= 15 is 0 Å². The summed E-state index contributed by atoms with van der Waals surface area (Å²) in [7, 11) is 0. The number of carboxylic acid groups (broad SMARTS) is 1. The molecular weight excluding hydrogens is 230 g/mol. The van der Waals surface area contributed by atoms with Crippen molar-refractivity contribution in [2.45, 2.75) is 32.1 Å². The van der Waals surface area contributed by atoms with E-state index in [4.69, 9.17) is 0 Å². The molecule has 0 amide bonds. The molecule has 0 saturated heterocycles.